The highest BCUT2D eigenvalue weighted by molar-refractivity contribution is 5.71. The first-order chi connectivity index (χ1) is 11.4. The summed E-state index contributed by atoms with van der Waals surface area (Å²) in [6, 6.07) is 6.01. The van der Waals surface area contributed by atoms with E-state index in [9.17, 15) is 4.79 Å². The van der Waals surface area contributed by atoms with Gasteiger partial charge in [-0.1, -0.05) is 17.7 Å². The van der Waals surface area contributed by atoms with Gasteiger partial charge in [-0.2, -0.15) is 0 Å². The summed E-state index contributed by atoms with van der Waals surface area (Å²) in [4.78, 5) is 12.4. The monoisotopic (exact) mass is 328 g/mol. The Hall–Kier alpha value is -1.51. The number of carbonyl (C=O) groups is 1. The fourth-order valence-corrected chi connectivity index (χ4v) is 5.66. The lowest BCUT2D eigenvalue weighted by molar-refractivity contribution is -0.204. The summed E-state index contributed by atoms with van der Waals surface area (Å²) in [7, 11) is 0. The maximum absolute atomic E-state index is 12.4. The van der Waals surface area contributed by atoms with Crippen molar-refractivity contribution in [2.45, 2.75) is 58.5 Å². The maximum atomic E-state index is 12.4. The van der Waals surface area contributed by atoms with Crippen molar-refractivity contribution < 1.29 is 14.3 Å². The van der Waals surface area contributed by atoms with Crippen LogP contribution in [-0.2, 0) is 9.53 Å². The third kappa shape index (κ3) is 2.72. The van der Waals surface area contributed by atoms with E-state index in [4.69, 9.17) is 9.47 Å². The van der Waals surface area contributed by atoms with Gasteiger partial charge in [0.1, 0.15) is 11.4 Å². The molecule has 0 amide bonds. The van der Waals surface area contributed by atoms with Crippen LogP contribution in [0.2, 0.25) is 0 Å². The Labute approximate surface area is 144 Å². The van der Waals surface area contributed by atoms with Crippen LogP contribution < -0.4 is 4.74 Å². The molecule has 4 bridgehead atoms. The minimum absolute atomic E-state index is 0.00574. The zero-order valence-corrected chi connectivity index (χ0v) is 15.0. The minimum atomic E-state index is -0.268. The van der Waals surface area contributed by atoms with Crippen molar-refractivity contribution in [3.05, 3.63) is 29.3 Å². The van der Waals surface area contributed by atoms with Crippen molar-refractivity contribution in [3.63, 3.8) is 0 Å². The number of aryl methyl sites for hydroxylation is 2. The summed E-state index contributed by atoms with van der Waals surface area (Å²) in [6.45, 7) is 6.24. The van der Waals surface area contributed by atoms with Gasteiger partial charge in [0.15, 0.2) is 6.61 Å². The minimum Gasteiger partial charge on any atom is -0.482 e. The molecule has 0 saturated heterocycles. The number of ether oxygens (including phenoxy) is 2. The van der Waals surface area contributed by atoms with E-state index in [-0.39, 0.29) is 18.2 Å². The molecule has 0 aromatic heterocycles. The molecule has 0 radical (unpaired) electrons. The number of hydrogen-bond donors (Lipinski definition) is 0. The van der Waals surface area contributed by atoms with Gasteiger partial charge in [-0.05, 0) is 88.2 Å². The highest BCUT2D eigenvalue weighted by atomic mass is 16.6. The van der Waals surface area contributed by atoms with Crippen LogP contribution in [0.4, 0.5) is 0 Å². The second-order valence-electron chi connectivity index (χ2n) is 8.52. The van der Waals surface area contributed by atoms with Gasteiger partial charge in [-0.25, -0.2) is 4.79 Å². The maximum Gasteiger partial charge on any atom is 0.344 e. The smallest absolute Gasteiger partial charge is 0.344 e. The number of esters is 1. The predicted molar refractivity (Wildman–Crippen MR) is 93.0 cm³/mol. The van der Waals surface area contributed by atoms with Crippen LogP contribution in [0.25, 0.3) is 0 Å². The predicted octanol–water partition coefficient (Wildman–Crippen LogP) is 4.44. The van der Waals surface area contributed by atoms with Crippen molar-refractivity contribution in [3.8, 4) is 5.75 Å². The Morgan fingerprint density at radius 1 is 1.08 bits per heavy atom. The molecule has 0 atom stereocenters. The third-order valence-corrected chi connectivity index (χ3v) is 6.77. The van der Waals surface area contributed by atoms with Crippen molar-refractivity contribution in [1.29, 1.82) is 0 Å². The molecule has 4 saturated carbocycles. The van der Waals surface area contributed by atoms with Crippen LogP contribution in [0.3, 0.4) is 0 Å². The summed E-state index contributed by atoms with van der Waals surface area (Å²) in [6.07, 6.45) is 6.39. The van der Waals surface area contributed by atoms with E-state index in [1.165, 1.54) is 37.7 Å². The number of hydrogen-bond acceptors (Lipinski definition) is 3. The molecule has 1 aromatic rings. The van der Waals surface area contributed by atoms with Crippen LogP contribution in [0.15, 0.2) is 18.2 Å². The number of rotatable bonds is 4. The Morgan fingerprint density at radius 2 is 1.71 bits per heavy atom. The molecule has 3 heteroatoms. The Balaban J connectivity index is 1.39. The van der Waals surface area contributed by atoms with Crippen molar-refractivity contribution >= 4 is 5.97 Å². The van der Waals surface area contributed by atoms with Crippen LogP contribution in [-0.4, -0.2) is 18.2 Å². The molecule has 24 heavy (non-hydrogen) atoms. The highest BCUT2D eigenvalue weighted by Crippen LogP contribution is 2.59. The van der Waals surface area contributed by atoms with E-state index >= 15 is 0 Å². The van der Waals surface area contributed by atoms with Gasteiger partial charge in [0, 0.05) is 0 Å². The van der Waals surface area contributed by atoms with Crippen LogP contribution >= 0.6 is 0 Å². The molecule has 4 aliphatic carbocycles. The average Bonchev–Trinajstić information content (AvgIpc) is 2.51. The second-order valence-corrected chi connectivity index (χ2v) is 8.52. The lowest BCUT2D eigenvalue weighted by Gasteiger charge is -2.59. The lowest BCUT2D eigenvalue weighted by Crippen LogP contribution is -2.58. The molecule has 0 aliphatic heterocycles. The lowest BCUT2D eigenvalue weighted by atomic mass is 9.50. The van der Waals surface area contributed by atoms with Gasteiger partial charge in [-0.3, -0.25) is 0 Å². The molecule has 4 aliphatic rings. The molecule has 0 spiro atoms. The van der Waals surface area contributed by atoms with Crippen molar-refractivity contribution in [1.82, 2.24) is 0 Å². The number of carbonyl (C=O) groups excluding carboxylic acids is 1. The zero-order valence-electron chi connectivity index (χ0n) is 15.0. The first-order valence-electron chi connectivity index (χ1n) is 9.36. The van der Waals surface area contributed by atoms with Gasteiger partial charge in [0.25, 0.3) is 0 Å². The van der Waals surface area contributed by atoms with E-state index in [1.54, 1.807) is 0 Å². The topological polar surface area (TPSA) is 35.5 Å². The van der Waals surface area contributed by atoms with Gasteiger partial charge in [-0.15, -0.1) is 0 Å². The molecule has 130 valence electrons. The van der Waals surface area contributed by atoms with Gasteiger partial charge >= 0.3 is 5.97 Å². The molecule has 0 unspecified atom stereocenters. The largest absolute Gasteiger partial charge is 0.482 e. The first kappa shape index (κ1) is 16.0. The average molecular weight is 328 g/mol. The van der Waals surface area contributed by atoms with E-state index in [2.05, 4.69) is 19.9 Å². The Morgan fingerprint density at radius 3 is 2.29 bits per heavy atom. The summed E-state index contributed by atoms with van der Waals surface area (Å²) >= 11 is 0. The summed E-state index contributed by atoms with van der Waals surface area (Å²) in [5, 5.41) is 0. The third-order valence-electron chi connectivity index (χ3n) is 6.77. The van der Waals surface area contributed by atoms with E-state index in [1.807, 2.05) is 19.1 Å². The molecule has 5 rings (SSSR count). The summed E-state index contributed by atoms with van der Waals surface area (Å²) in [5.74, 6) is 3.42. The molecule has 4 fully saturated rings. The Bertz CT molecular complexity index is 620. The normalized spacial score (nSPS) is 36.6. The van der Waals surface area contributed by atoms with Gasteiger partial charge in [0.05, 0.1) is 0 Å². The SMILES string of the molecule is Cc1ccc(OCC(=O)OC2(C)C3CC4CC(C3)CC2C4)c(C)c1. The summed E-state index contributed by atoms with van der Waals surface area (Å²) < 4.78 is 11.8. The van der Waals surface area contributed by atoms with Crippen molar-refractivity contribution in [2.24, 2.45) is 23.7 Å². The van der Waals surface area contributed by atoms with Crippen LogP contribution in [0.1, 0.15) is 50.2 Å². The van der Waals surface area contributed by atoms with E-state index in [0.717, 1.165) is 23.1 Å². The summed E-state index contributed by atoms with van der Waals surface area (Å²) in [5.41, 5.74) is 1.99. The van der Waals surface area contributed by atoms with E-state index in [0.29, 0.717) is 11.8 Å². The molecule has 0 N–H and O–H groups in total. The van der Waals surface area contributed by atoms with Gasteiger partial charge in [0.2, 0.25) is 0 Å². The van der Waals surface area contributed by atoms with Crippen LogP contribution in [0, 0.1) is 37.5 Å². The number of benzene rings is 1. The van der Waals surface area contributed by atoms with Gasteiger partial charge < -0.3 is 9.47 Å². The fraction of sp³-hybridized carbons (Fsp3) is 0.667. The molecular formula is C21H28O3. The molecular weight excluding hydrogens is 300 g/mol. The van der Waals surface area contributed by atoms with Crippen LogP contribution in [0.5, 0.6) is 5.75 Å². The zero-order chi connectivity index (χ0) is 16.9. The standard InChI is InChI=1S/C21H28O3/c1-13-4-5-19(14(2)6-13)23-12-20(22)24-21(3)17-8-15-7-16(10-17)11-18(21)9-15/h4-6,15-18H,7-12H2,1-3H3. The fourth-order valence-electron chi connectivity index (χ4n) is 5.66. The molecule has 1 aromatic carbocycles. The molecule has 0 heterocycles. The molecule has 3 nitrogen and oxygen atoms in total. The van der Waals surface area contributed by atoms with E-state index < -0.39 is 0 Å². The quantitative estimate of drug-likeness (QED) is 0.767. The Kier molecular flexibility index (Phi) is 3.85. The second kappa shape index (κ2) is 5.79. The van der Waals surface area contributed by atoms with Crippen molar-refractivity contribution in [2.75, 3.05) is 6.61 Å². The first-order valence-corrected chi connectivity index (χ1v) is 9.36. The highest BCUT2D eigenvalue weighted by Gasteiger charge is 2.57.